The SMILES string of the molecule is O=C(c1ccc2c(ccn2S(=O)(=O)c2ccccc2)c1)c1cc2cc(Cl)ccc2n1S(=O)(=O)c1ccccc1. The first-order chi connectivity index (χ1) is 18.7. The molecule has 194 valence electrons. The van der Waals surface area contributed by atoms with Crippen molar-refractivity contribution < 1.29 is 21.6 Å². The van der Waals surface area contributed by atoms with Gasteiger partial charge in [0.25, 0.3) is 20.0 Å². The maximum Gasteiger partial charge on any atom is 0.268 e. The van der Waals surface area contributed by atoms with Crippen molar-refractivity contribution in [1.82, 2.24) is 7.94 Å². The number of fused-ring (bicyclic) bond motifs is 2. The summed E-state index contributed by atoms with van der Waals surface area (Å²) in [6, 6.07) is 28.3. The number of hydrogen-bond donors (Lipinski definition) is 0. The summed E-state index contributed by atoms with van der Waals surface area (Å²) in [5.41, 5.74) is 0.843. The van der Waals surface area contributed by atoms with Gasteiger partial charge in [-0.25, -0.2) is 24.8 Å². The smallest absolute Gasteiger partial charge is 0.268 e. The molecule has 10 heteroatoms. The average Bonchev–Trinajstić information content (AvgIpc) is 3.55. The van der Waals surface area contributed by atoms with E-state index in [0.29, 0.717) is 26.8 Å². The molecule has 2 heterocycles. The van der Waals surface area contributed by atoms with E-state index in [4.69, 9.17) is 11.6 Å². The number of nitrogens with zero attached hydrogens (tertiary/aromatic N) is 2. The van der Waals surface area contributed by atoms with Gasteiger partial charge < -0.3 is 0 Å². The molecule has 0 atom stereocenters. The summed E-state index contributed by atoms with van der Waals surface area (Å²) in [6.07, 6.45) is 1.43. The van der Waals surface area contributed by atoms with Crippen LogP contribution in [0.25, 0.3) is 21.8 Å². The lowest BCUT2D eigenvalue weighted by Crippen LogP contribution is -2.19. The van der Waals surface area contributed by atoms with Crippen molar-refractivity contribution in [2.24, 2.45) is 0 Å². The summed E-state index contributed by atoms with van der Waals surface area (Å²) in [4.78, 5) is 14.0. The Hall–Kier alpha value is -4.18. The summed E-state index contributed by atoms with van der Waals surface area (Å²) >= 11 is 6.16. The Bertz CT molecular complexity index is 2120. The zero-order valence-electron chi connectivity index (χ0n) is 20.1. The average molecular weight is 575 g/mol. The van der Waals surface area contributed by atoms with Gasteiger partial charge in [-0.05, 0) is 72.8 Å². The second kappa shape index (κ2) is 9.23. The van der Waals surface area contributed by atoms with Crippen LogP contribution in [0.15, 0.2) is 125 Å². The molecular formula is C29H19ClN2O5S2. The second-order valence-electron chi connectivity index (χ2n) is 8.85. The number of rotatable bonds is 6. The molecule has 0 saturated carbocycles. The number of aromatic nitrogens is 2. The predicted molar refractivity (Wildman–Crippen MR) is 150 cm³/mol. The van der Waals surface area contributed by atoms with E-state index in [0.717, 1.165) is 7.94 Å². The van der Waals surface area contributed by atoms with Crippen LogP contribution in [0.5, 0.6) is 0 Å². The molecule has 0 fully saturated rings. The van der Waals surface area contributed by atoms with E-state index in [1.54, 1.807) is 72.8 Å². The molecular weight excluding hydrogens is 556 g/mol. The van der Waals surface area contributed by atoms with Gasteiger partial charge in [-0.1, -0.05) is 48.0 Å². The van der Waals surface area contributed by atoms with Crippen molar-refractivity contribution in [1.29, 1.82) is 0 Å². The standard InChI is InChI=1S/C29H19ClN2O5S2/c30-23-12-14-27-22(18-23)19-28(32(27)39(36,37)25-9-5-2-6-10-25)29(33)21-11-13-26-20(17-21)15-16-31(26)38(34,35)24-7-3-1-4-8-24/h1-19H. The molecule has 4 aromatic carbocycles. The van der Waals surface area contributed by atoms with E-state index in [1.807, 2.05) is 0 Å². The van der Waals surface area contributed by atoms with Gasteiger partial charge in [0, 0.05) is 27.6 Å². The van der Waals surface area contributed by atoms with Crippen LogP contribution in [0.1, 0.15) is 16.1 Å². The first kappa shape index (κ1) is 25.1. The number of halogens is 1. The van der Waals surface area contributed by atoms with Crippen molar-refractivity contribution >= 4 is 59.2 Å². The Balaban J connectivity index is 1.49. The molecule has 0 amide bonds. The molecule has 6 rings (SSSR count). The van der Waals surface area contributed by atoms with Crippen molar-refractivity contribution in [3.63, 3.8) is 0 Å². The Kier molecular flexibility index (Phi) is 5.95. The molecule has 0 aliphatic rings. The van der Waals surface area contributed by atoms with Crippen molar-refractivity contribution in [3.8, 4) is 0 Å². The van der Waals surface area contributed by atoms with Gasteiger partial charge in [-0.15, -0.1) is 0 Å². The summed E-state index contributed by atoms with van der Waals surface area (Å²) in [5, 5.41) is 1.40. The van der Waals surface area contributed by atoms with Crippen molar-refractivity contribution in [3.05, 3.63) is 132 Å². The minimum absolute atomic E-state index is 0.0325. The lowest BCUT2D eigenvalue weighted by molar-refractivity contribution is 0.103. The maximum absolute atomic E-state index is 13.8. The highest BCUT2D eigenvalue weighted by molar-refractivity contribution is 7.90. The zero-order valence-corrected chi connectivity index (χ0v) is 22.5. The quantitative estimate of drug-likeness (QED) is 0.229. The van der Waals surface area contributed by atoms with Crippen molar-refractivity contribution in [2.45, 2.75) is 9.79 Å². The molecule has 0 unspecified atom stereocenters. The Morgan fingerprint density at radius 3 is 1.90 bits per heavy atom. The van der Waals surface area contributed by atoms with Crippen LogP contribution in [0, 0.1) is 0 Å². The topological polar surface area (TPSA) is 95.2 Å². The lowest BCUT2D eigenvalue weighted by atomic mass is 10.1. The van der Waals surface area contributed by atoms with Gasteiger partial charge in [0.2, 0.25) is 5.78 Å². The van der Waals surface area contributed by atoms with Crippen LogP contribution in [0.4, 0.5) is 0 Å². The van der Waals surface area contributed by atoms with E-state index in [1.165, 1.54) is 42.6 Å². The van der Waals surface area contributed by atoms with Gasteiger partial charge in [-0.2, -0.15) is 0 Å². The van der Waals surface area contributed by atoms with Crippen LogP contribution in [-0.4, -0.2) is 30.6 Å². The third kappa shape index (κ3) is 4.15. The second-order valence-corrected chi connectivity index (χ2v) is 12.9. The summed E-state index contributed by atoms with van der Waals surface area (Å²) in [7, 11) is -7.99. The zero-order chi connectivity index (χ0) is 27.4. The largest absolute Gasteiger partial charge is 0.287 e. The van der Waals surface area contributed by atoms with E-state index in [2.05, 4.69) is 0 Å². The van der Waals surface area contributed by atoms with E-state index >= 15 is 0 Å². The number of ketones is 1. The van der Waals surface area contributed by atoms with Crippen LogP contribution < -0.4 is 0 Å². The molecule has 2 aromatic heterocycles. The lowest BCUT2D eigenvalue weighted by Gasteiger charge is -2.12. The molecule has 6 aromatic rings. The minimum atomic E-state index is -4.14. The molecule has 0 spiro atoms. The minimum Gasteiger partial charge on any atom is -0.287 e. The summed E-state index contributed by atoms with van der Waals surface area (Å²) in [5.74, 6) is -0.539. The van der Waals surface area contributed by atoms with Crippen LogP contribution >= 0.6 is 11.6 Å². The van der Waals surface area contributed by atoms with Gasteiger partial charge in [-0.3, -0.25) is 4.79 Å². The summed E-state index contributed by atoms with van der Waals surface area (Å²) in [6.45, 7) is 0. The number of hydrogen-bond acceptors (Lipinski definition) is 5. The fourth-order valence-electron chi connectivity index (χ4n) is 4.60. The molecule has 7 nitrogen and oxygen atoms in total. The number of carbonyl (C=O) groups excluding carboxylic acids is 1. The molecule has 0 saturated heterocycles. The predicted octanol–water partition coefficient (Wildman–Crippen LogP) is 5.95. The van der Waals surface area contributed by atoms with Crippen molar-refractivity contribution in [2.75, 3.05) is 0 Å². The molecule has 0 aliphatic heterocycles. The highest BCUT2D eigenvalue weighted by Crippen LogP contribution is 2.30. The highest BCUT2D eigenvalue weighted by Gasteiger charge is 2.27. The Morgan fingerprint density at radius 2 is 1.23 bits per heavy atom. The van der Waals surface area contributed by atoms with Gasteiger partial charge >= 0.3 is 0 Å². The molecule has 0 N–H and O–H groups in total. The Morgan fingerprint density at radius 1 is 0.615 bits per heavy atom. The van der Waals surface area contributed by atoms with Gasteiger partial charge in [0.05, 0.1) is 20.8 Å². The number of benzene rings is 4. The fraction of sp³-hybridized carbons (Fsp3) is 0. The number of carbonyl (C=O) groups is 1. The summed E-state index contributed by atoms with van der Waals surface area (Å²) < 4.78 is 56.0. The normalized spacial score (nSPS) is 12.2. The molecule has 0 bridgehead atoms. The van der Waals surface area contributed by atoms with E-state index < -0.39 is 25.8 Å². The first-order valence-electron chi connectivity index (χ1n) is 11.8. The fourth-order valence-corrected chi connectivity index (χ4v) is 7.68. The highest BCUT2D eigenvalue weighted by atomic mass is 35.5. The Labute approximate surface area is 229 Å². The molecule has 39 heavy (non-hydrogen) atoms. The third-order valence-corrected chi connectivity index (χ3v) is 10.1. The monoisotopic (exact) mass is 574 g/mol. The molecule has 0 aliphatic carbocycles. The van der Waals surface area contributed by atoms with E-state index in [-0.39, 0.29) is 21.0 Å². The van der Waals surface area contributed by atoms with Gasteiger partial charge in [0.15, 0.2) is 0 Å². The van der Waals surface area contributed by atoms with Crippen LogP contribution in [-0.2, 0) is 20.0 Å². The van der Waals surface area contributed by atoms with E-state index in [9.17, 15) is 21.6 Å². The maximum atomic E-state index is 13.8. The molecule has 0 radical (unpaired) electrons. The first-order valence-corrected chi connectivity index (χ1v) is 15.0. The van der Waals surface area contributed by atoms with Crippen LogP contribution in [0.2, 0.25) is 5.02 Å². The van der Waals surface area contributed by atoms with Gasteiger partial charge in [0.1, 0.15) is 5.69 Å². The van der Waals surface area contributed by atoms with Crippen LogP contribution in [0.3, 0.4) is 0 Å². The third-order valence-electron chi connectivity index (χ3n) is 6.45.